The minimum atomic E-state index is -4.10. The van der Waals surface area contributed by atoms with Gasteiger partial charge in [-0.25, -0.2) is 0 Å². The molecule has 0 aromatic carbocycles. The average molecular weight is 397 g/mol. The van der Waals surface area contributed by atoms with Gasteiger partial charge in [0, 0.05) is 18.8 Å². The summed E-state index contributed by atoms with van der Waals surface area (Å²) in [5.41, 5.74) is -0.696. The van der Waals surface area contributed by atoms with E-state index in [1.807, 2.05) is 6.92 Å². The molecule has 2 rings (SSSR count). The molecule has 5 nitrogen and oxygen atoms in total. The third-order valence-electron chi connectivity index (χ3n) is 4.91. The lowest BCUT2D eigenvalue weighted by molar-refractivity contribution is -0.148. The summed E-state index contributed by atoms with van der Waals surface area (Å²) in [5, 5.41) is 16.8. The summed E-state index contributed by atoms with van der Waals surface area (Å²) in [6, 6.07) is 0. The van der Waals surface area contributed by atoms with E-state index in [0.29, 0.717) is 31.5 Å². The third-order valence-corrected chi connectivity index (χ3v) is 6.15. The smallest absolute Gasteiger partial charge is 0.387 e. The molecule has 2 fully saturated rings. The molecule has 0 aromatic heterocycles. The van der Waals surface area contributed by atoms with Gasteiger partial charge >= 0.3 is 6.18 Å². The summed E-state index contributed by atoms with van der Waals surface area (Å²) < 4.78 is 37.3. The zero-order chi connectivity index (χ0) is 19.0. The maximum Gasteiger partial charge on any atom is 0.401 e. The zero-order valence-corrected chi connectivity index (χ0v) is 16.3. The Labute approximate surface area is 158 Å². The Balaban J connectivity index is 1.68. The molecule has 0 amide bonds. The van der Waals surface area contributed by atoms with Gasteiger partial charge in [-0.3, -0.25) is 9.89 Å². The van der Waals surface area contributed by atoms with Crippen LogP contribution in [0.25, 0.3) is 0 Å². The fourth-order valence-electron chi connectivity index (χ4n) is 3.37. The first-order valence-electron chi connectivity index (χ1n) is 9.41. The Morgan fingerprint density at radius 1 is 1.31 bits per heavy atom. The van der Waals surface area contributed by atoms with Gasteiger partial charge in [-0.1, -0.05) is 0 Å². The number of halogens is 3. The van der Waals surface area contributed by atoms with Crippen molar-refractivity contribution in [2.45, 2.75) is 44.4 Å². The van der Waals surface area contributed by atoms with Gasteiger partial charge in [-0.05, 0) is 57.4 Å². The summed E-state index contributed by atoms with van der Waals surface area (Å²) >= 11 is 1.75. The number of nitrogens with one attached hydrogen (secondary N) is 2. The van der Waals surface area contributed by atoms with Gasteiger partial charge in [0.05, 0.1) is 18.7 Å². The van der Waals surface area contributed by atoms with Crippen molar-refractivity contribution in [2.24, 2.45) is 10.9 Å². The molecule has 0 spiro atoms. The molecule has 9 heteroatoms. The molecule has 1 unspecified atom stereocenters. The zero-order valence-electron chi connectivity index (χ0n) is 15.4. The maximum absolute atomic E-state index is 12.4. The molecule has 1 atom stereocenters. The molecule has 2 saturated heterocycles. The number of hydrogen-bond acceptors (Lipinski definition) is 4. The van der Waals surface area contributed by atoms with E-state index in [2.05, 4.69) is 15.6 Å². The average Bonchev–Trinajstić information content (AvgIpc) is 3.00. The molecular formula is C17H31F3N4OS. The first-order valence-corrected chi connectivity index (χ1v) is 10.6. The van der Waals surface area contributed by atoms with E-state index in [-0.39, 0.29) is 0 Å². The number of piperidine rings is 1. The molecular weight excluding hydrogens is 365 g/mol. The number of guanidine groups is 1. The van der Waals surface area contributed by atoms with Crippen LogP contribution in [-0.2, 0) is 0 Å². The number of rotatable bonds is 7. The van der Waals surface area contributed by atoms with Crippen molar-refractivity contribution in [3.63, 3.8) is 0 Å². The van der Waals surface area contributed by atoms with Crippen molar-refractivity contribution in [1.82, 2.24) is 15.5 Å². The van der Waals surface area contributed by atoms with Crippen molar-refractivity contribution >= 4 is 17.7 Å². The summed E-state index contributed by atoms with van der Waals surface area (Å²) in [6.07, 6.45) is -0.792. The van der Waals surface area contributed by atoms with E-state index in [0.717, 1.165) is 50.3 Å². The van der Waals surface area contributed by atoms with Gasteiger partial charge in [0.2, 0.25) is 0 Å². The molecule has 0 aliphatic carbocycles. The number of thioether (sulfide) groups is 1. The fourth-order valence-corrected chi connectivity index (χ4v) is 4.65. The van der Waals surface area contributed by atoms with Crippen LogP contribution in [0.5, 0.6) is 0 Å². The number of nitrogens with zero attached hydrogens (tertiary/aromatic N) is 2. The van der Waals surface area contributed by atoms with Crippen molar-refractivity contribution in [1.29, 1.82) is 0 Å². The normalized spacial score (nSPS) is 26.3. The SMILES string of the molecule is CCNC(=NCC1(O)CCSC1)NCCC1CCN(CC(F)(F)F)CC1. The molecule has 2 aliphatic rings. The molecule has 2 heterocycles. The lowest BCUT2D eigenvalue weighted by Crippen LogP contribution is -2.42. The highest BCUT2D eigenvalue weighted by molar-refractivity contribution is 7.99. The second-order valence-electron chi connectivity index (χ2n) is 7.27. The predicted octanol–water partition coefficient (Wildman–Crippen LogP) is 2.07. The first kappa shape index (κ1) is 21.6. The largest absolute Gasteiger partial charge is 0.401 e. The maximum atomic E-state index is 12.4. The summed E-state index contributed by atoms with van der Waals surface area (Å²) in [4.78, 5) is 6.00. The third kappa shape index (κ3) is 7.92. The van der Waals surface area contributed by atoms with E-state index < -0.39 is 18.3 Å². The van der Waals surface area contributed by atoms with Gasteiger partial charge in [0.15, 0.2) is 5.96 Å². The number of alkyl halides is 3. The number of aliphatic hydroxyl groups is 1. The fraction of sp³-hybridized carbons (Fsp3) is 0.941. The standard InChI is InChI=1S/C17H31F3N4OS/c1-2-21-15(23-11-16(25)6-10-26-13-16)22-7-3-14-4-8-24(9-5-14)12-17(18,19)20/h14,25H,2-13H2,1H3,(H2,21,22,23). The van der Waals surface area contributed by atoms with Crippen LogP contribution in [0.15, 0.2) is 4.99 Å². The minimum absolute atomic E-state index is 0.394. The summed E-state index contributed by atoms with van der Waals surface area (Å²) in [7, 11) is 0. The number of likely N-dealkylation sites (tertiary alicyclic amines) is 1. The Morgan fingerprint density at radius 2 is 2.04 bits per heavy atom. The highest BCUT2D eigenvalue weighted by atomic mass is 32.2. The lowest BCUT2D eigenvalue weighted by atomic mass is 9.93. The van der Waals surface area contributed by atoms with Gasteiger partial charge in [-0.15, -0.1) is 0 Å². The number of aliphatic imine (C=N–C) groups is 1. The topological polar surface area (TPSA) is 59.9 Å². The van der Waals surface area contributed by atoms with E-state index in [4.69, 9.17) is 0 Å². The van der Waals surface area contributed by atoms with Crippen LogP contribution in [0.2, 0.25) is 0 Å². The quantitative estimate of drug-likeness (QED) is 0.454. The monoisotopic (exact) mass is 396 g/mol. The lowest BCUT2D eigenvalue weighted by Gasteiger charge is -2.32. The molecule has 152 valence electrons. The van der Waals surface area contributed by atoms with Gasteiger partial charge in [0.25, 0.3) is 0 Å². The van der Waals surface area contributed by atoms with Crippen molar-refractivity contribution in [3.05, 3.63) is 0 Å². The number of hydrogen-bond donors (Lipinski definition) is 3. The van der Waals surface area contributed by atoms with Crippen LogP contribution in [0.1, 0.15) is 32.6 Å². The first-order chi connectivity index (χ1) is 12.3. The highest BCUT2D eigenvalue weighted by Gasteiger charge is 2.33. The molecule has 0 saturated carbocycles. The molecule has 0 radical (unpaired) electrons. The second-order valence-corrected chi connectivity index (χ2v) is 8.38. The van der Waals surface area contributed by atoms with Gasteiger partial charge in [0.1, 0.15) is 0 Å². The highest BCUT2D eigenvalue weighted by Crippen LogP contribution is 2.28. The van der Waals surface area contributed by atoms with Gasteiger partial charge in [-0.2, -0.15) is 24.9 Å². The van der Waals surface area contributed by atoms with Crippen molar-refractivity contribution < 1.29 is 18.3 Å². The van der Waals surface area contributed by atoms with Gasteiger partial charge < -0.3 is 15.7 Å². The van der Waals surface area contributed by atoms with Crippen LogP contribution in [0.3, 0.4) is 0 Å². The molecule has 2 aliphatic heterocycles. The van der Waals surface area contributed by atoms with E-state index in [9.17, 15) is 18.3 Å². The Bertz CT molecular complexity index is 448. The molecule has 3 N–H and O–H groups in total. The summed E-state index contributed by atoms with van der Waals surface area (Å²) in [5.74, 6) is 2.85. The Hall–Kier alpha value is -0.670. The molecule has 0 aromatic rings. The van der Waals surface area contributed by atoms with Crippen LogP contribution in [0.4, 0.5) is 13.2 Å². The summed E-state index contributed by atoms with van der Waals surface area (Å²) in [6.45, 7) is 4.11. The van der Waals surface area contributed by atoms with Crippen LogP contribution in [0, 0.1) is 5.92 Å². The molecule has 0 bridgehead atoms. The minimum Gasteiger partial charge on any atom is -0.387 e. The van der Waals surface area contributed by atoms with Crippen molar-refractivity contribution in [3.8, 4) is 0 Å². The second kappa shape index (κ2) is 10.0. The van der Waals surface area contributed by atoms with E-state index in [1.165, 1.54) is 4.90 Å². The van der Waals surface area contributed by atoms with Crippen LogP contribution in [-0.4, -0.2) is 78.5 Å². The Morgan fingerprint density at radius 3 is 2.62 bits per heavy atom. The van der Waals surface area contributed by atoms with Crippen molar-refractivity contribution in [2.75, 3.05) is 50.8 Å². The van der Waals surface area contributed by atoms with E-state index >= 15 is 0 Å². The van der Waals surface area contributed by atoms with E-state index in [1.54, 1.807) is 11.8 Å². The van der Waals surface area contributed by atoms with Crippen LogP contribution < -0.4 is 10.6 Å². The van der Waals surface area contributed by atoms with Crippen LogP contribution >= 0.6 is 11.8 Å². The Kier molecular flexibility index (Phi) is 8.35. The molecule has 26 heavy (non-hydrogen) atoms. The predicted molar refractivity (Wildman–Crippen MR) is 101 cm³/mol.